The summed E-state index contributed by atoms with van der Waals surface area (Å²) in [7, 11) is 1.80. The number of nitrogens with one attached hydrogen (secondary N) is 1. The van der Waals surface area contributed by atoms with E-state index in [1.807, 2.05) is 0 Å². The van der Waals surface area contributed by atoms with Crippen LogP contribution in [0.25, 0.3) is 0 Å². The number of hydrogen-bond donors (Lipinski definition) is 1. The van der Waals surface area contributed by atoms with Gasteiger partial charge in [-0.05, 0) is 25.7 Å². The van der Waals surface area contributed by atoms with E-state index in [1.54, 1.807) is 18.4 Å². The van der Waals surface area contributed by atoms with Gasteiger partial charge in [-0.3, -0.25) is 0 Å². The zero-order valence-electron chi connectivity index (χ0n) is 9.32. The van der Waals surface area contributed by atoms with Crippen molar-refractivity contribution in [3.8, 4) is 0 Å². The van der Waals surface area contributed by atoms with E-state index in [0.717, 1.165) is 18.0 Å². The molecule has 1 fully saturated rings. The van der Waals surface area contributed by atoms with Crippen LogP contribution in [-0.4, -0.2) is 24.2 Å². The van der Waals surface area contributed by atoms with Gasteiger partial charge in [0.15, 0.2) is 5.13 Å². The van der Waals surface area contributed by atoms with Crippen LogP contribution in [0.5, 0.6) is 0 Å². The van der Waals surface area contributed by atoms with Crippen molar-refractivity contribution in [1.29, 1.82) is 0 Å². The zero-order chi connectivity index (χ0) is 10.7. The smallest absolute Gasteiger partial charge is 0.183 e. The molecule has 0 bridgehead atoms. The van der Waals surface area contributed by atoms with Crippen LogP contribution >= 0.6 is 11.3 Å². The van der Waals surface area contributed by atoms with Gasteiger partial charge in [-0.2, -0.15) is 0 Å². The monoisotopic (exact) mass is 226 g/mol. The summed E-state index contributed by atoms with van der Waals surface area (Å²) in [6.45, 7) is 2.13. The highest BCUT2D eigenvalue weighted by Crippen LogP contribution is 2.26. The third-order valence-electron chi connectivity index (χ3n) is 2.96. The second kappa shape index (κ2) is 4.94. The summed E-state index contributed by atoms with van der Waals surface area (Å²) in [5, 5.41) is 6.68. The summed E-state index contributed by atoms with van der Waals surface area (Å²) in [5.41, 5.74) is 1.18. The van der Waals surface area contributed by atoms with Gasteiger partial charge in [0.2, 0.25) is 0 Å². The van der Waals surface area contributed by atoms with Crippen molar-refractivity contribution in [2.45, 2.75) is 44.8 Å². The van der Waals surface area contributed by atoms with E-state index in [4.69, 9.17) is 4.74 Å². The molecule has 0 radical (unpaired) electrons. The number of aryl methyl sites for hydroxylation is 1. The SMILES string of the molecule is CCc1csc(NC2CCC(OC)C2)n1. The molecule has 3 nitrogen and oxygen atoms in total. The molecule has 1 saturated carbocycles. The number of ether oxygens (including phenoxy) is 1. The van der Waals surface area contributed by atoms with Crippen LogP contribution in [0, 0.1) is 0 Å². The van der Waals surface area contributed by atoms with Crippen molar-refractivity contribution >= 4 is 16.5 Å². The Hall–Kier alpha value is -0.610. The highest BCUT2D eigenvalue weighted by atomic mass is 32.1. The Labute approximate surface area is 94.9 Å². The van der Waals surface area contributed by atoms with Crippen molar-refractivity contribution < 1.29 is 4.74 Å². The highest BCUT2D eigenvalue weighted by molar-refractivity contribution is 7.13. The van der Waals surface area contributed by atoms with Crippen molar-refractivity contribution in [2.75, 3.05) is 12.4 Å². The lowest BCUT2D eigenvalue weighted by Crippen LogP contribution is -2.17. The molecule has 0 amide bonds. The minimum absolute atomic E-state index is 0.438. The van der Waals surface area contributed by atoms with Gasteiger partial charge >= 0.3 is 0 Å². The van der Waals surface area contributed by atoms with Crippen LogP contribution in [0.4, 0.5) is 5.13 Å². The molecule has 1 aromatic rings. The van der Waals surface area contributed by atoms with E-state index in [2.05, 4.69) is 22.6 Å². The Morgan fingerprint density at radius 1 is 1.60 bits per heavy atom. The number of thiazole rings is 1. The molecule has 1 aliphatic carbocycles. The van der Waals surface area contributed by atoms with Gasteiger partial charge in [0.1, 0.15) is 0 Å². The molecule has 1 aliphatic rings. The topological polar surface area (TPSA) is 34.1 Å². The molecule has 2 unspecified atom stereocenters. The number of hydrogen-bond acceptors (Lipinski definition) is 4. The lowest BCUT2D eigenvalue weighted by Gasteiger charge is -2.11. The van der Waals surface area contributed by atoms with E-state index in [-0.39, 0.29) is 0 Å². The van der Waals surface area contributed by atoms with Crippen molar-refractivity contribution in [3.63, 3.8) is 0 Å². The molecule has 4 heteroatoms. The predicted octanol–water partition coefficient (Wildman–Crippen LogP) is 2.68. The van der Waals surface area contributed by atoms with Gasteiger partial charge in [-0.25, -0.2) is 4.98 Å². The van der Waals surface area contributed by atoms with E-state index in [9.17, 15) is 0 Å². The maximum Gasteiger partial charge on any atom is 0.183 e. The summed E-state index contributed by atoms with van der Waals surface area (Å²) in [4.78, 5) is 4.51. The Bertz CT molecular complexity index is 313. The minimum atomic E-state index is 0.438. The van der Waals surface area contributed by atoms with Crippen LogP contribution in [0.3, 0.4) is 0 Å². The summed E-state index contributed by atoms with van der Waals surface area (Å²) >= 11 is 1.71. The van der Waals surface area contributed by atoms with E-state index in [1.165, 1.54) is 18.5 Å². The lowest BCUT2D eigenvalue weighted by atomic mass is 10.2. The molecule has 0 saturated heterocycles. The fourth-order valence-corrected chi connectivity index (χ4v) is 2.87. The minimum Gasteiger partial charge on any atom is -0.381 e. The number of methoxy groups -OCH3 is 1. The Morgan fingerprint density at radius 2 is 2.47 bits per heavy atom. The van der Waals surface area contributed by atoms with E-state index in [0.29, 0.717) is 12.1 Å². The van der Waals surface area contributed by atoms with Gasteiger partial charge in [0, 0.05) is 18.5 Å². The molecule has 15 heavy (non-hydrogen) atoms. The molecule has 1 aromatic heterocycles. The number of anilines is 1. The quantitative estimate of drug-likeness (QED) is 0.857. The maximum atomic E-state index is 5.35. The first-order valence-electron chi connectivity index (χ1n) is 5.55. The molecule has 1 heterocycles. The molecule has 0 spiro atoms. The molecular weight excluding hydrogens is 208 g/mol. The summed E-state index contributed by atoms with van der Waals surface area (Å²) in [6.07, 6.45) is 4.92. The Kier molecular flexibility index (Phi) is 3.59. The Morgan fingerprint density at radius 3 is 3.07 bits per heavy atom. The fourth-order valence-electron chi connectivity index (χ4n) is 2.00. The zero-order valence-corrected chi connectivity index (χ0v) is 10.1. The largest absolute Gasteiger partial charge is 0.381 e. The molecule has 2 atom stereocenters. The fraction of sp³-hybridized carbons (Fsp3) is 0.727. The normalized spacial score (nSPS) is 25.7. The van der Waals surface area contributed by atoms with Gasteiger partial charge < -0.3 is 10.1 Å². The molecule has 2 rings (SSSR count). The summed E-state index contributed by atoms with van der Waals surface area (Å²) < 4.78 is 5.35. The molecule has 84 valence electrons. The van der Waals surface area contributed by atoms with Crippen molar-refractivity contribution in [3.05, 3.63) is 11.1 Å². The van der Waals surface area contributed by atoms with Gasteiger partial charge in [-0.1, -0.05) is 6.92 Å². The standard InChI is InChI=1S/C11H18N2OS/c1-3-8-7-15-11(12-8)13-9-4-5-10(6-9)14-2/h7,9-10H,3-6H2,1-2H3,(H,12,13). The second-order valence-electron chi connectivity index (χ2n) is 4.01. The average molecular weight is 226 g/mol. The summed E-state index contributed by atoms with van der Waals surface area (Å²) in [5.74, 6) is 0. The Balaban J connectivity index is 1.87. The third-order valence-corrected chi connectivity index (χ3v) is 3.78. The average Bonchev–Trinajstić information content (AvgIpc) is 2.87. The first-order valence-corrected chi connectivity index (χ1v) is 6.43. The number of rotatable bonds is 4. The second-order valence-corrected chi connectivity index (χ2v) is 4.87. The van der Waals surface area contributed by atoms with Crippen LogP contribution in [0.2, 0.25) is 0 Å². The van der Waals surface area contributed by atoms with Crippen molar-refractivity contribution in [1.82, 2.24) is 4.98 Å². The predicted molar refractivity (Wildman–Crippen MR) is 63.6 cm³/mol. The lowest BCUT2D eigenvalue weighted by molar-refractivity contribution is 0.108. The van der Waals surface area contributed by atoms with E-state index >= 15 is 0 Å². The van der Waals surface area contributed by atoms with Gasteiger partial charge in [0.05, 0.1) is 11.8 Å². The molecular formula is C11H18N2OS. The number of aromatic nitrogens is 1. The first kappa shape index (κ1) is 10.9. The van der Waals surface area contributed by atoms with Crippen LogP contribution in [0.15, 0.2) is 5.38 Å². The van der Waals surface area contributed by atoms with E-state index < -0.39 is 0 Å². The van der Waals surface area contributed by atoms with Gasteiger partial charge in [0.25, 0.3) is 0 Å². The molecule has 0 aliphatic heterocycles. The third kappa shape index (κ3) is 2.69. The highest BCUT2D eigenvalue weighted by Gasteiger charge is 2.24. The first-order chi connectivity index (χ1) is 7.31. The van der Waals surface area contributed by atoms with Crippen molar-refractivity contribution in [2.24, 2.45) is 0 Å². The number of nitrogens with zero attached hydrogens (tertiary/aromatic N) is 1. The van der Waals surface area contributed by atoms with Crippen LogP contribution < -0.4 is 5.32 Å². The maximum absolute atomic E-state index is 5.35. The molecule has 1 N–H and O–H groups in total. The molecule has 0 aromatic carbocycles. The van der Waals surface area contributed by atoms with Gasteiger partial charge in [-0.15, -0.1) is 11.3 Å². The van der Waals surface area contributed by atoms with Crippen LogP contribution in [-0.2, 0) is 11.2 Å². The summed E-state index contributed by atoms with van der Waals surface area (Å²) in [6, 6.07) is 0.547. The van der Waals surface area contributed by atoms with Crippen LogP contribution in [0.1, 0.15) is 31.9 Å².